The number of fused-ring (bicyclic) bond motifs is 3. The van der Waals surface area contributed by atoms with Crippen LogP contribution in [-0.4, -0.2) is 12.1 Å². The predicted octanol–water partition coefficient (Wildman–Crippen LogP) is 2.39. The maximum atomic E-state index is 12.0. The van der Waals surface area contributed by atoms with Crippen molar-refractivity contribution in [2.24, 2.45) is 5.92 Å². The van der Waals surface area contributed by atoms with E-state index < -0.39 is 5.92 Å². The third-order valence-corrected chi connectivity index (χ3v) is 3.20. The lowest BCUT2D eigenvalue weighted by atomic mass is 10.0. The maximum absolute atomic E-state index is 12.0. The largest absolute Gasteiger partial charge is 0.303 e. The van der Waals surface area contributed by atoms with E-state index in [0.29, 0.717) is 6.42 Å². The number of rotatable bonds is 1. The molecule has 1 atom stereocenters. The van der Waals surface area contributed by atoms with Crippen LogP contribution in [0.1, 0.15) is 15.9 Å². The first-order valence-electron chi connectivity index (χ1n) is 5.31. The molecule has 2 aromatic rings. The van der Waals surface area contributed by atoms with Crippen LogP contribution in [0, 0.1) is 5.92 Å². The van der Waals surface area contributed by atoms with Crippen molar-refractivity contribution >= 4 is 22.8 Å². The Morgan fingerprint density at radius 2 is 1.94 bits per heavy atom. The van der Waals surface area contributed by atoms with Crippen LogP contribution in [0.2, 0.25) is 0 Å². The highest BCUT2D eigenvalue weighted by Crippen LogP contribution is 2.31. The van der Waals surface area contributed by atoms with Crippen LogP contribution in [-0.2, 0) is 11.2 Å². The molecule has 3 rings (SSSR count). The fourth-order valence-electron chi connectivity index (χ4n) is 2.40. The molecule has 0 amide bonds. The molecule has 0 radical (unpaired) electrons. The van der Waals surface area contributed by atoms with Crippen molar-refractivity contribution in [1.29, 1.82) is 0 Å². The summed E-state index contributed by atoms with van der Waals surface area (Å²) in [6.45, 7) is 0. The maximum Gasteiger partial charge on any atom is 0.174 e. The van der Waals surface area contributed by atoms with Crippen LogP contribution < -0.4 is 0 Å². The van der Waals surface area contributed by atoms with Gasteiger partial charge in [0.05, 0.1) is 5.92 Å². The second kappa shape index (κ2) is 3.27. The summed E-state index contributed by atoms with van der Waals surface area (Å²) in [4.78, 5) is 22.8. The van der Waals surface area contributed by atoms with Gasteiger partial charge in [0.1, 0.15) is 6.29 Å². The van der Waals surface area contributed by atoms with E-state index in [9.17, 15) is 9.59 Å². The quantitative estimate of drug-likeness (QED) is 0.535. The molecule has 0 fully saturated rings. The van der Waals surface area contributed by atoms with Crippen molar-refractivity contribution in [1.82, 2.24) is 0 Å². The molecule has 78 valence electrons. The summed E-state index contributed by atoms with van der Waals surface area (Å²) in [5.74, 6) is -0.498. The van der Waals surface area contributed by atoms with Crippen molar-refractivity contribution in [3.63, 3.8) is 0 Å². The normalized spacial score (nSPS) is 18.8. The van der Waals surface area contributed by atoms with Crippen LogP contribution in [0.4, 0.5) is 0 Å². The van der Waals surface area contributed by atoms with E-state index in [0.717, 1.165) is 28.2 Å². The first-order valence-corrected chi connectivity index (χ1v) is 5.31. The molecule has 0 N–H and O–H groups in total. The molecule has 2 heteroatoms. The Hall–Kier alpha value is -1.96. The summed E-state index contributed by atoms with van der Waals surface area (Å²) >= 11 is 0. The molecular weight excluding hydrogens is 200 g/mol. The second-order valence-electron chi connectivity index (χ2n) is 4.13. The molecule has 0 bridgehead atoms. The van der Waals surface area contributed by atoms with Crippen LogP contribution in [0.15, 0.2) is 36.4 Å². The highest BCUT2D eigenvalue weighted by atomic mass is 16.1. The fourth-order valence-corrected chi connectivity index (χ4v) is 2.40. The molecule has 1 aliphatic carbocycles. The second-order valence-corrected chi connectivity index (χ2v) is 4.13. The Morgan fingerprint density at radius 1 is 1.12 bits per heavy atom. The van der Waals surface area contributed by atoms with Crippen LogP contribution in [0.25, 0.3) is 10.8 Å². The predicted molar refractivity (Wildman–Crippen MR) is 61.5 cm³/mol. The lowest BCUT2D eigenvalue weighted by molar-refractivity contribution is -0.109. The molecule has 2 nitrogen and oxygen atoms in total. The molecular formula is C14H10O2. The minimum Gasteiger partial charge on any atom is -0.303 e. The van der Waals surface area contributed by atoms with E-state index >= 15 is 0 Å². The van der Waals surface area contributed by atoms with Gasteiger partial charge in [-0.05, 0) is 22.8 Å². The Balaban J connectivity index is 2.34. The zero-order chi connectivity index (χ0) is 11.1. The van der Waals surface area contributed by atoms with Gasteiger partial charge in [0, 0.05) is 5.56 Å². The molecule has 2 aromatic carbocycles. The fraction of sp³-hybridized carbons (Fsp3) is 0.143. The Kier molecular flexibility index (Phi) is 1.90. The third-order valence-electron chi connectivity index (χ3n) is 3.20. The van der Waals surface area contributed by atoms with Gasteiger partial charge in [-0.15, -0.1) is 0 Å². The molecule has 0 spiro atoms. The number of Topliss-reactive ketones (excluding diaryl/α,β-unsaturated/α-hetero) is 1. The molecule has 0 aromatic heterocycles. The SMILES string of the molecule is O=CC1Cc2ccc3ccccc3c2C1=O. The van der Waals surface area contributed by atoms with Crippen LogP contribution in [0.3, 0.4) is 0 Å². The molecule has 1 unspecified atom stereocenters. The minimum atomic E-state index is -0.471. The summed E-state index contributed by atoms with van der Waals surface area (Å²) in [7, 11) is 0. The van der Waals surface area contributed by atoms with Crippen LogP contribution in [0.5, 0.6) is 0 Å². The number of benzene rings is 2. The summed E-state index contributed by atoms with van der Waals surface area (Å²) in [5, 5.41) is 2.02. The van der Waals surface area contributed by atoms with Crippen LogP contribution >= 0.6 is 0 Å². The summed E-state index contributed by atoms with van der Waals surface area (Å²) < 4.78 is 0. The first kappa shape index (κ1) is 9.28. The van der Waals surface area contributed by atoms with E-state index in [-0.39, 0.29) is 5.78 Å². The average Bonchev–Trinajstić information content (AvgIpc) is 2.66. The number of carbonyl (C=O) groups is 2. The van der Waals surface area contributed by atoms with Crippen molar-refractivity contribution in [2.75, 3.05) is 0 Å². The monoisotopic (exact) mass is 210 g/mol. The van der Waals surface area contributed by atoms with Gasteiger partial charge in [0.15, 0.2) is 5.78 Å². The number of hydrogen-bond donors (Lipinski definition) is 0. The van der Waals surface area contributed by atoms with Gasteiger partial charge in [-0.3, -0.25) is 4.79 Å². The third kappa shape index (κ3) is 1.13. The first-order chi connectivity index (χ1) is 7.81. The van der Waals surface area contributed by atoms with E-state index in [1.807, 2.05) is 36.4 Å². The molecule has 0 saturated heterocycles. The van der Waals surface area contributed by atoms with Gasteiger partial charge in [0.25, 0.3) is 0 Å². The highest BCUT2D eigenvalue weighted by molar-refractivity contribution is 6.16. The van der Waals surface area contributed by atoms with Gasteiger partial charge in [0.2, 0.25) is 0 Å². The Labute approximate surface area is 92.9 Å². The summed E-state index contributed by atoms with van der Waals surface area (Å²) in [6.07, 6.45) is 1.32. The van der Waals surface area contributed by atoms with E-state index in [1.165, 1.54) is 0 Å². The van der Waals surface area contributed by atoms with Gasteiger partial charge >= 0.3 is 0 Å². The molecule has 16 heavy (non-hydrogen) atoms. The van der Waals surface area contributed by atoms with E-state index in [4.69, 9.17) is 0 Å². The lowest BCUT2D eigenvalue weighted by Gasteiger charge is -2.03. The van der Waals surface area contributed by atoms with Crippen molar-refractivity contribution < 1.29 is 9.59 Å². The Morgan fingerprint density at radius 3 is 2.75 bits per heavy atom. The molecule has 1 aliphatic rings. The summed E-state index contributed by atoms with van der Waals surface area (Å²) in [5.41, 5.74) is 1.75. The average molecular weight is 210 g/mol. The van der Waals surface area contributed by atoms with Gasteiger partial charge in [-0.1, -0.05) is 36.4 Å². The Bertz CT molecular complexity index is 599. The van der Waals surface area contributed by atoms with Gasteiger partial charge < -0.3 is 4.79 Å². The van der Waals surface area contributed by atoms with E-state index in [2.05, 4.69) is 0 Å². The zero-order valence-corrected chi connectivity index (χ0v) is 8.64. The number of hydrogen-bond acceptors (Lipinski definition) is 2. The van der Waals surface area contributed by atoms with Crippen molar-refractivity contribution in [2.45, 2.75) is 6.42 Å². The number of ketones is 1. The molecule has 0 aliphatic heterocycles. The highest BCUT2D eigenvalue weighted by Gasteiger charge is 2.31. The van der Waals surface area contributed by atoms with Gasteiger partial charge in [-0.2, -0.15) is 0 Å². The summed E-state index contributed by atoms with van der Waals surface area (Å²) in [6, 6.07) is 11.8. The van der Waals surface area contributed by atoms with E-state index in [1.54, 1.807) is 0 Å². The minimum absolute atomic E-state index is 0.0261. The molecule has 0 heterocycles. The lowest BCUT2D eigenvalue weighted by Crippen LogP contribution is -2.09. The zero-order valence-electron chi connectivity index (χ0n) is 8.64. The van der Waals surface area contributed by atoms with Crippen molar-refractivity contribution in [3.8, 4) is 0 Å². The smallest absolute Gasteiger partial charge is 0.174 e. The molecule has 0 saturated carbocycles. The standard InChI is InChI=1S/C14H10O2/c15-8-11-7-10-6-5-9-3-1-2-4-12(9)13(10)14(11)16/h1-6,8,11H,7H2. The van der Waals surface area contributed by atoms with Gasteiger partial charge in [-0.25, -0.2) is 0 Å². The topological polar surface area (TPSA) is 34.1 Å². The van der Waals surface area contributed by atoms with Crippen molar-refractivity contribution in [3.05, 3.63) is 47.5 Å². The number of carbonyl (C=O) groups excluding carboxylic acids is 2. The number of aldehydes is 1.